The molecule has 0 saturated carbocycles. The Bertz CT molecular complexity index is 1040. The number of nitrogens with one attached hydrogen (secondary N) is 1. The number of anilines is 2. The molecule has 3 rings (SSSR count). The lowest BCUT2D eigenvalue weighted by molar-refractivity contribution is -0.112. The molecule has 1 heterocycles. The molecule has 1 aliphatic rings. The summed E-state index contributed by atoms with van der Waals surface area (Å²) in [7, 11) is 2.10. The van der Waals surface area contributed by atoms with E-state index in [0.717, 1.165) is 12.0 Å². The van der Waals surface area contributed by atoms with E-state index in [4.69, 9.17) is 23.2 Å². The molecule has 0 aromatic heterocycles. The first-order chi connectivity index (χ1) is 13.6. The number of benzene rings is 2. The highest BCUT2D eigenvalue weighted by atomic mass is 35.5. The lowest BCUT2D eigenvalue weighted by Gasteiger charge is -2.45. The van der Waals surface area contributed by atoms with Gasteiger partial charge in [-0.3, -0.25) is 4.79 Å². The van der Waals surface area contributed by atoms with Gasteiger partial charge in [-0.1, -0.05) is 36.2 Å². The van der Waals surface area contributed by atoms with Crippen molar-refractivity contribution in [3.8, 4) is 6.07 Å². The Morgan fingerprint density at radius 2 is 2.00 bits per heavy atom. The van der Waals surface area contributed by atoms with Gasteiger partial charge in [0.15, 0.2) is 0 Å². The standard InChI is InChI=1S/C23H23Cl2N3O/c1-14-12-23(2,3)28(4)21-8-5-15(10-18(14)21)9-16(13-26)22(29)27-20-7-6-17(24)11-19(20)25/h5-11,14H,12H2,1-4H3,(H,27,29)/b16-9-/t14-/m0/s1. The van der Waals surface area contributed by atoms with Crippen molar-refractivity contribution in [2.24, 2.45) is 0 Å². The predicted octanol–water partition coefficient (Wildman–Crippen LogP) is 6.26. The summed E-state index contributed by atoms with van der Waals surface area (Å²) >= 11 is 12.0. The van der Waals surface area contributed by atoms with Crippen LogP contribution in [0.2, 0.25) is 10.0 Å². The van der Waals surface area contributed by atoms with Crippen molar-refractivity contribution >= 4 is 46.6 Å². The minimum absolute atomic E-state index is 0.00751. The number of amides is 1. The van der Waals surface area contributed by atoms with Gasteiger partial charge in [0.1, 0.15) is 11.6 Å². The van der Waals surface area contributed by atoms with E-state index in [1.54, 1.807) is 18.2 Å². The third kappa shape index (κ3) is 4.42. The number of nitriles is 1. The molecule has 1 atom stereocenters. The third-order valence-electron chi connectivity index (χ3n) is 5.51. The van der Waals surface area contributed by atoms with E-state index in [1.807, 2.05) is 12.1 Å². The molecule has 0 bridgehead atoms. The van der Waals surface area contributed by atoms with Crippen LogP contribution in [-0.2, 0) is 4.79 Å². The van der Waals surface area contributed by atoms with Gasteiger partial charge in [-0.15, -0.1) is 0 Å². The smallest absolute Gasteiger partial charge is 0.266 e. The van der Waals surface area contributed by atoms with Crippen LogP contribution in [0.25, 0.3) is 6.08 Å². The van der Waals surface area contributed by atoms with Crippen LogP contribution in [0, 0.1) is 11.3 Å². The monoisotopic (exact) mass is 427 g/mol. The summed E-state index contributed by atoms with van der Waals surface area (Å²) in [5.41, 5.74) is 3.72. The Balaban J connectivity index is 1.89. The van der Waals surface area contributed by atoms with Crippen molar-refractivity contribution in [1.82, 2.24) is 0 Å². The van der Waals surface area contributed by atoms with Gasteiger partial charge in [0.2, 0.25) is 0 Å². The van der Waals surface area contributed by atoms with Crippen molar-refractivity contribution in [2.75, 3.05) is 17.3 Å². The highest BCUT2D eigenvalue weighted by molar-refractivity contribution is 6.36. The number of hydrogen-bond donors (Lipinski definition) is 1. The van der Waals surface area contributed by atoms with Crippen molar-refractivity contribution < 1.29 is 4.79 Å². The zero-order chi connectivity index (χ0) is 21.3. The van der Waals surface area contributed by atoms with Gasteiger partial charge < -0.3 is 10.2 Å². The topological polar surface area (TPSA) is 56.1 Å². The maximum absolute atomic E-state index is 12.6. The number of halogens is 2. The Hall–Kier alpha value is -2.48. The normalized spacial score (nSPS) is 18.0. The number of fused-ring (bicyclic) bond motifs is 1. The summed E-state index contributed by atoms with van der Waals surface area (Å²) in [5, 5.41) is 13.0. The van der Waals surface area contributed by atoms with E-state index >= 15 is 0 Å². The molecular formula is C23H23Cl2N3O. The first-order valence-electron chi connectivity index (χ1n) is 9.38. The minimum atomic E-state index is -0.513. The van der Waals surface area contributed by atoms with E-state index in [9.17, 15) is 10.1 Å². The SMILES string of the molecule is C[C@H]1CC(C)(C)N(C)c2ccc(/C=C(/C#N)C(=O)Nc3ccc(Cl)cc3Cl)cc21. The van der Waals surface area contributed by atoms with Crippen molar-refractivity contribution in [2.45, 2.75) is 38.6 Å². The van der Waals surface area contributed by atoms with Crippen LogP contribution in [0.15, 0.2) is 42.0 Å². The van der Waals surface area contributed by atoms with Gasteiger partial charge in [0.25, 0.3) is 5.91 Å². The van der Waals surface area contributed by atoms with E-state index < -0.39 is 5.91 Å². The molecule has 2 aromatic rings. The van der Waals surface area contributed by atoms with Crippen molar-refractivity contribution in [3.05, 3.63) is 63.1 Å². The summed E-state index contributed by atoms with van der Waals surface area (Å²) in [6, 6.07) is 12.8. The van der Waals surface area contributed by atoms with Crippen LogP contribution in [0.5, 0.6) is 0 Å². The molecule has 0 aliphatic carbocycles. The number of hydrogen-bond acceptors (Lipinski definition) is 3. The van der Waals surface area contributed by atoms with Gasteiger partial charge in [-0.05, 0) is 73.7 Å². The molecule has 0 spiro atoms. The lowest BCUT2D eigenvalue weighted by atomic mass is 9.80. The molecule has 0 radical (unpaired) electrons. The fraction of sp³-hybridized carbons (Fsp3) is 0.304. The summed E-state index contributed by atoms with van der Waals surface area (Å²) in [6.07, 6.45) is 2.64. The second-order valence-corrected chi connectivity index (χ2v) is 8.89. The van der Waals surface area contributed by atoms with Gasteiger partial charge in [-0.25, -0.2) is 0 Å². The molecule has 2 aromatic carbocycles. The van der Waals surface area contributed by atoms with Gasteiger partial charge >= 0.3 is 0 Å². The van der Waals surface area contributed by atoms with Crippen molar-refractivity contribution in [1.29, 1.82) is 5.26 Å². The molecule has 0 fully saturated rings. The molecule has 6 heteroatoms. The second-order valence-electron chi connectivity index (χ2n) is 8.04. The number of carbonyl (C=O) groups is 1. The second kappa shape index (κ2) is 8.10. The molecule has 4 nitrogen and oxygen atoms in total. The maximum atomic E-state index is 12.6. The molecular weight excluding hydrogens is 405 g/mol. The minimum Gasteiger partial charge on any atom is -0.369 e. The number of rotatable bonds is 3. The maximum Gasteiger partial charge on any atom is 0.266 e. The van der Waals surface area contributed by atoms with E-state index in [1.165, 1.54) is 17.3 Å². The van der Waals surface area contributed by atoms with Crippen LogP contribution in [0.1, 0.15) is 44.2 Å². The average Bonchev–Trinajstić information content (AvgIpc) is 2.66. The van der Waals surface area contributed by atoms with E-state index in [0.29, 0.717) is 21.7 Å². The molecule has 0 saturated heterocycles. The zero-order valence-electron chi connectivity index (χ0n) is 16.9. The fourth-order valence-electron chi connectivity index (χ4n) is 3.78. The van der Waals surface area contributed by atoms with Crippen LogP contribution in [0.3, 0.4) is 0 Å². The number of nitrogens with zero attached hydrogens (tertiary/aromatic N) is 2. The van der Waals surface area contributed by atoms with Crippen LogP contribution < -0.4 is 10.2 Å². The van der Waals surface area contributed by atoms with Gasteiger partial charge in [-0.2, -0.15) is 5.26 Å². The highest BCUT2D eigenvalue weighted by Crippen LogP contribution is 2.42. The molecule has 1 amide bonds. The number of carbonyl (C=O) groups excluding carboxylic acids is 1. The predicted molar refractivity (Wildman–Crippen MR) is 121 cm³/mol. The van der Waals surface area contributed by atoms with Crippen molar-refractivity contribution in [3.63, 3.8) is 0 Å². The van der Waals surface area contributed by atoms with E-state index in [2.05, 4.69) is 50.2 Å². The molecule has 1 N–H and O–H groups in total. The van der Waals surface area contributed by atoms with Crippen LogP contribution in [0.4, 0.5) is 11.4 Å². The summed E-state index contributed by atoms with van der Waals surface area (Å²) in [6.45, 7) is 6.68. The summed E-state index contributed by atoms with van der Waals surface area (Å²) in [4.78, 5) is 14.9. The summed E-state index contributed by atoms with van der Waals surface area (Å²) in [5.74, 6) is -0.127. The Morgan fingerprint density at radius 3 is 2.66 bits per heavy atom. The van der Waals surface area contributed by atoms with E-state index in [-0.39, 0.29) is 11.1 Å². The Labute approximate surface area is 181 Å². The highest BCUT2D eigenvalue weighted by Gasteiger charge is 2.33. The van der Waals surface area contributed by atoms with Gasteiger partial charge in [0, 0.05) is 23.3 Å². The van der Waals surface area contributed by atoms with Gasteiger partial charge in [0.05, 0.1) is 10.7 Å². The van der Waals surface area contributed by atoms with Crippen LogP contribution >= 0.6 is 23.2 Å². The molecule has 0 unspecified atom stereocenters. The first-order valence-corrected chi connectivity index (χ1v) is 10.1. The molecule has 1 aliphatic heterocycles. The molecule has 150 valence electrons. The molecule has 29 heavy (non-hydrogen) atoms. The quantitative estimate of drug-likeness (QED) is 0.464. The lowest BCUT2D eigenvalue weighted by Crippen LogP contribution is -2.45. The third-order valence-corrected chi connectivity index (χ3v) is 6.06. The largest absolute Gasteiger partial charge is 0.369 e. The Kier molecular flexibility index (Phi) is 5.93. The average molecular weight is 428 g/mol. The fourth-order valence-corrected chi connectivity index (χ4v) is 4.24. The summed E-state index contributed by atoms with van der Waals surface area (Å²) < 4.78 is 0. The zero-order valence-corrected chi connectivity index (χ0v) is 18.4. The Morgan fingerprint density at radius 1 is 1.28 bits per heavy atom. The first kappa shape index (κ1) is 21.2. The van der Waals surface area contributed by atoms with Crippen LogP contribution in [-0.4, -0.2) is 18.5 Å².